The summed E-state index contributed by atoms with van der Waals surface area (Å²) in [4.78, 5) is 5.64. The van der Waals surface area contributed by atoms with Crippen molar-refractivity contribution in [3.8, 4) is 0 Å². The van der Waals surface area contributed by atoms with Crippen LogP contribution in [-0.2, 0) is 0 Å². The van der Waals surface area contributed by atoms with E-state index in [1.165, 1.54) is 11.3 Å². The van der Waals surface area contributed by atoms with E-state index in [0.29, 0.717) is 11.0 Å². The number of hydrogen-bond donors (Lipinski definition) is 1. The Bertz CT molecular complexity index is 453. The fourth-order valence-electron chi connectivity index (χ4n) is 2.93. The average Bonchev–Trinajstić information content (AvgIpc) is 2.45. The lowest BCUT2D eigenvalue weighted by molar-refractivity contribution is 0.184. The highest BCUT2D eigenvalue weighted by Gasteiger charge is 2.23. The molecule has 1 aliphatic heterocycles. The molecule has 1 heterocycles. The number of rotatable bonds is 5. The van der Waals surface area contributed by atoms with Gasteiger partial charge in [0.15, 0.2) is 0 Å². The predicted molar refractivity (Wildman–Crippen MR) is 90.4 cm³/mol. The second-order valence-corrected chi connectivity index (χ2v) is 6.12. The maximum atomic E-state index is 5.70. The SMILES string of the molecule is CCC(CC(N)=S)N1CCN(c2cccc(C)c2)CC1. The summed E-state index contributed by atoms with van der Waals surface area (Å²) in [6, 6.07) is 9.26. The summed E-state index contributed by atoms with van der Waals surface area (Å²) in [5.74, 6) is 0. The van der Waals surface area contributed by atoms with Gasteiger partial charge in [-0.25, -0.2) is 0 Å². The van der Waals surface area contributed by atoms with E-state index in [-0.39, 0.29) is 0 Å². The van der Waals surface area contributed by atoms with Crippen LogP contribution in [0.25, 0.3) is 0 Å². The van der Waals surface area contributed by atoms with Crippen LogP contribution in [0.4, 0.5) is 5.69 Å². The van der Waals surface area contributed by atoms with Gasteiger partial charge in [-0.2, -0.15) is 0 Å². The van der Waals surface area contributed by atoms with Crippen LogP contribution in [0.1, 0.15) is 25.3 Å². The molecule has 1 unspecified atom stereocenters. The first-order valence-electron chi connectivity index (χ1n) is 7.44. The smallest absolute Gasteiger partial charge is 0.0743 e. The normalized spacial score (nSPS) is 18.0. The number of hydrogen-bond acceptors (Lipinski definition) is 3. The van der Waals surface area contributed by atoms with Gasteiger partial charge in [0.2, 0.25) is 0 Å². The molecule has 0 aliphatic carbocycles. The highest BCUT2D eigenvalue weighted by Crippen LogP contribution is 2.20. The van der Waals surface area contributed by atoms with Gasteiger partial charge in [0, 0.05) is 44.3 Å². The fourth-order valence-corrected chi connectivity index (χ4v) is 3.13. The summed E-state index contributed by atoms with van der Waals surface area (Å²) >= 11 is 5.06. The lowest BCUT2D eigenvalue weighted by Gasteiger charge is -2.40. The molecular weight excluding hydrogens is 266 g/mol. The Morgan fingerprint density at radius 1 is 1.30 bits per heavy atom. The zero-order chi connectivity index (χ0) is 14.5. The number of nitrogens with zero attached hydrogens (tertiary/aromatic N) is 2. The van der Waals surface area contributed by atoms with Gasteiger partial charge in [-0.3, -0.25) is 4.90 Å². The van der Waals surface area contributed by atoms with Crippen LogP contribution in [-0.4, -0.2) is 42.1 Å². The molecule has 110 valence electrons. The molecule has 2 rings (SSSR count). The predicted octanol–water partition coefficient (Wildman–Crippen LogP) is 2.57. The molecule has 3 nitrogen and oxygen atoms in total. The third-order valence-electron chi connectivity index (χ3n) is 4.11. The Morgan fingerprint density at radius 2 is 2.00 bits per heavy atom. The first kappa shape index (κ1) is 15.3. The van der Waals surface area contributed by atoms with Gasteiger partial charge in [0.1, 0.15) is 0 Å². The minimum absolute atomic E-state index is 0.507. The third kappa shape index (κ3) is 3.93. The van der Waals surface area contributed by atoms with E-state index in [9.17, 15) is 0 Å². The molecule has 1 atom stereocenters. The number of anilines is 1. The molecular formula is C16H25N3S. The molecule has 2 N–H and O–H groups in total. The van der Waals surface area contributed by atoms with E-state index >= 15 is 0 Å². The fraction of sp³-hybridized carbons (Fsp3) is 0.562. The van der Waals surface area contributed by atoms with Crippen LogP contribution in [0.5, 0.6) is 0 Å². The van der Waals surface area contributed by atoms with E-state index in [2.05, 4.69) is 47.9 Å². The number of piperazine rings is 1. The summed E-state index contributed by atoms with van der Waals surface area (Å²) in [5.41, 5.74) is 8.37. The Balaban J connectivity index is 1.93. The largest absolute Gasteiger partial charge is 0.393 e. The second-order valence-electron chi connectivity index (χ2n) is 5.59. The Hall–Kier alpha value is -1.13. The van der Waals surface area contributed by atoms with Gasteiger partial charge in [0.25, 0.3) is 0 Å². The van der Waals surface area contributed by atoms with Crippen LogP contribution >= 0.6 is 12.2 Å². The molecule has 1 aliphatic rings. The van der Waals surface area contributed by atoms with Crippen molar-refractivity contribution in [2.24, 2.45) is 5.73 Å². The molecule has 0 saturated carbocycles. The lowest BCUT2D eigenvalue weighted by atomic mass is 10.1. The molecule has 1 aromatic carbocycles. The van der Waals surface area contributed by atoms with Crippen molar-refractivity contribution in [2.75, 3.05) is 31.1 Å². The van der Waals surface area contributed by atoms with Gasteiger partial charge >= 0.3 is 0 Å². The van der Waals surface area contributed by atoms with Gasteiger partial charge in [-0.1, -0.05) is 31.3 Å². The highest BCUT2D eigenvalue weighted by molar-refractivity contribution is 7.80. The maximum absolute atomic E-state index is 5.70. The molecule has 0 amide bonds. The first-order chi connectivity index (χ1) is 9.60. The second kappa shape index (κ2) is 7.04. The molecule has 0 spiro atoms. The quantitative estimate of drug-likeness (QED) is 0.845. The molecule has 1 saturated heterocycles. The molecule has 20 heavy (non-hydrogen) atoms. The van der Waals surface area contributed by atoms with E-state index in [0.717, 1.165) is 39.0 Å². The molecule has 1 aromatic rings. The Kier molecular flexibility index (Phi) is 5.38. The highest BCUT2D eigenvalue weighted by atomic mass is 32.1. The van der Waals surface area contributed by atoms with E-state index in [1.807, 2.05) is 0 Å². The average molecular weight is 291 g/mol. The number of benzene rings is 1. The lowest BCUT2D eigenvalue weighted by Crippen LogP contribution is -2.51. The Labute approximate surface area is 127 Å². The summed E-state index contributed by atoms with van der Waals surface area (Å²) in [7, 11) is 0. The van der Waals surface area contributed by atoms with E-state index in [4.69, 9.17) is 18.0 Å². The van der Waals surface area contributed by atoms with Crippen molar-refractivity contribution in [1.82, 2.24) is 4.90 Å². The minimum Gasteiger partial charge on any atom is -0.393 e. The van der Waals surface area contributed by atoms with Crippen molar-refractivity contribution in [1.29, 1.82) is 0 Å². The third-order valence-corrected chi connectivity index (χ3v) is 4.27. The minimum atomic E-state index is 0.507. The summed E-state index contributed by atoms with van der Waals surface area (Å²) in [5, 5.41) is 0. The summed E-state index contributed by atoms with van der Waals surface area (Å²) in [6.07, 6.45) is 1.96. The van der Waals surface area contributed by atoms with Gasteiger partial charge < -0.3 is 10.6 Å². The van der Waals surface area contributed by atoms with Crippen LogP contribution in [0.2, 0.25) is 0 Å². The standard InChI is InChI=1S/C16H25N3S/c1-3-14(12-16(17)20)18-7-9-19(10-8-18)15-6-4-5-13(2)11-15/h4-6,11,14H,3,7-10,12H2,1-2H3,(H2,17,20). The van der Waals surface area contributed by atoms with Crippen LogP contribution < -0.4 is 10.6 Å². The Morgan fingerprint density at radius 3 is 2.55 bits per heavy atom. The number of thiocarbonyl (C=S) groups is 1. The molecule has 4 heteroatoms. The molecule has 0 aromatic heterocycles. The van der Waals surface area contributed by atoms with Crippen LogP contribution in [0, 0.1) is 6.92 Å². The number of nitrogens with two attached hydrogens (primary N) is 1. The molecule has 0 bridgehead atoms. The zero-order valence-electron chi connectivity index (χ0n) is 12.5. The molecule has 0 radical (unpaired) electrons. The van der Waals surface area contributed by atoms with Crippen molar-refractivity contribution in [3.63, 3.8) is 0 Å². The van der Waals surface area contributed by atoms with Crippen molar-refractivity contribution in [3.05, 3.63) is 29.8 Å². The topological polar surface area (TPSA) is 32.5 Å². The van der Waals surface area contributed by atoms with Crippen LogP contribution in [0.15, 0.2) is 24.3 Å². The van der Waals surface area contributed by atoms with Gasteiger partial charge in [-0.05, 0) is 31.0 Å². The monoisotopic (exact) mass is 291 g/mol. The van der Waals surface area contributed by atoms with Gasteiger partial charge in [-0.15, -0.1) is 0 Å². The van der Waals surface area contributed by atoms with Crippen LogP contribution in [0.3, 0.4) is 0 Å². The van der Waals surface area contributed by atoms with Crippen molar-refractivity contribution >= 4 is 22.9 Å². The van der Waals surface area contributed by atoms with Gasteiger partial charge in [0.05, 0.1) is 4.99 Å². The first-order valence-corrected chi connectivity index (χ1v) is 7.85. The zero-order valence-corrected chi connectivity index (χ0v) is 13.3. The maximum Gasteiger partial charge on any atom is 0.0743 e. The van der Waals surface area contributed by atoms with Crippen molar-refractivity contribution < 1.29 is 0 Å². The molecule has 1 fully saturated rings. The summed E-state index contributed by atoms with van der Waals surface area (Å²) in [6.45, 7) is 8.71. The summed E-state index contributed by atoms with van der Waals surface area (Å²) < 4.78 is 0. The van der Waals surface area contributed by atoms with E-state index < -0.39 is 0 Å². The van der Waals surface area contributed by atoms with E-state index in [1.54, 1.807) is 0 Å². The van der Waals surface area contributed by atoms with Crippen molar-refractivity contribution in [2.45, 2.75) is 32.7 Å². The number of aryl methyl sites for hydroxylation is 1.